The monoisotopic (exact) mass is 370 g/mol. The number of amides is 1. The zero-order valence-corrected chi connectivity index (χ0v) is 15.6. The lowest BCUT2D eigenvalue weighted by atomic mass is 10.1. The molecule has 7 heteroatoms. The Bertz CT molecular complexity index is 822. The van der Waals surface area contributed by atoms with Gasteiger partial charge in [-0.15, -0.1) is 0 Å². The van der Waals surface area contributed by atoms with Gasteiger partial charge in [0.15, 0.2) is 0 Å². The zero-order valence-electron chi connectivity index (χ0n) is 15.6. The van der Waals surface area contributed by atoms with Crippen LogP contribution in [0.1, 0.15) is 23.4 Å². The standard InChI is InChI=1S/C20H23FN4O2/c1-13-10-14(2)23-19(22-13)24-11-17-18(12-24)27-20(26)25(17)9-3-4-15-5-7-16(21)8-6-15/h5-8,10,17-18H,3-4,9,11-12H2,1-2H3/t17-,18+/m0/s1. The largest absolute Gasteiger partial charge is 0.442 e. The molecule has 0 spiro atoms. The van der Waals surface area contributed by atoms with Crippen LogP contribution < -0.4 is 4.90 Å². The molecule has 0 N–H and O–H groups in total. The van der Waals surface area contributed by atoms with Crippen molar-refractivity contribution < 1.29 is 13.9 Å². The molecule has 2 fully saturated rings. The Balaban J connectivity index is 1.38. The van der Waals surface area contributed by atoms with E-state index in [9.17, 15) is 9.18 Å². The highest BCUT2D eigenvalue weighted by Crippen LogP contribution is 2.29. The van der Waals surface area contributed by atoms with Crippen LogP contribution in [0.3, 0.4) is 0 Å². The minimum atomic E-state index is -0.245. The van der Waals surface area contributed by atoms with Crippen LogP contribution in [0.4, 0.5) is 15.1 Å². The molecule has 0 aliphatic carbocycles. The summed E-state index contributed by atoms with van der Waals surface area (Å²) in [6, 6.07) is 8.48. The first-order valence-corrected chi connectivity index (χ1v) is 9.28. The number of benzene rings is 1. The average molecular weight is 370 g/mol. The lowest BCUT2D eigenvalue weighted by molar-refractivity contribution is 0.135. The molecule has 2 aliphatic heterocycles. The van der Waals surface area contributed by atoms with Crippen molar-refractivity contribution in [2.24, 2.45) is 0 Å². The van der Waals surface area contributed by atoms with Gasteiger partial charge in [0.05, 0.1) is 12.6 Å². The van der Waals surface area contributed by atoms with E-state index in [0.29, 0.717) is 25.6 Å². The highest BCUT2D eigenvalue weighted by molar-refractivity contribution is 5.71. The van der Waals surface area contributed by atoms with Crippen LogP contribution >= 0.6 is 0 Å². The van der Waals surface area contributed by atoms with Gasteiger partial charge in [-0.1, -0.05) is 12.1 Å². The second kappa shape index (κ2) is 7.13. The third-order valence-corrected chi connectivity index (χ3v) is 5.16. The summed E-state index contributed by atoms with van der Waals surface area (Å²) in [7, 11) is 0. The Morgan fingerprint density at radius 2 is 1.85 bits per heavy atom. The number of halogens is 1. The quantitative estimate of drug-likeness (QED) is 0.810. The number of hydrogen-bond acceptors (Lipinski definition) is 5. The summed E-state index contributed by atoms with van der Waals surface area (Å²) in [5.41, 5.74) is 2.93. The Morgan fingerprint density at radius 1 is 1.15 bits per heavy atom. The van der Waals surface area contributed by atoms with Crippen molar-refractivity contribution in [2.75, 3.05) is 24.5 Å². The maximum Gasteiger partial charge on any atom is 0.410 e. The van der Waals surface area contributed by atoms with Gasteiger partial charge in [-0.3, -0.25) is 4.90 Å². The Morgan fingerprint density at radius 3 is 2.56 bits per heavy atom. The van der Waals surface area contributed by atoms with Crippen LogP contribution in [-0.2, 0) is 11.2 Å². The predicted molar refractivity (Wildman–Crippen MR) is 99.2 cm³/mol. The fraction of sp³-hybridized carbons (Fsp3) is 0.450. The molecule has 0 radical (unpaired) electrons. The number of rotatable bonds is 5. The summed E-state index contributed by atoms with van der Waals surface area (Å²) >= 11 is 0. The molecule has 1 aromatic heterocycles. The summed E-state index contributed by atoms with van der Waals surface area (Å²) in [5.74, 6) is 0.466. The number of aryl methyl sites for hydroxylation is 3. The summed E-state index contributed by atoms with van der Waals surface area (Å²) in [6.07, 6.45) is 1.22. The van der Waals surface area contributed by atoms with E-state index in [4.69, 9.17) is 4.74 Å². The first kappa shape index (κ1) is 17.7. The van der Waals surface area contributed by atoms with Gasteiger partial charge in [-0.25, -0.2) is 19.2 Å². The number of fused-ring (bicyclic) bond motifs is 1. The van der Waals surface area contributed by atoms with E-state index in [1.54, 1.807) is 12.1 Å². The van der Waals surface area contributed by atoms with Crippen molar-refractivity contribution in [3.8, 4) is 0 Å². The van der Waals surface area contributed by atoms with Gasteiger partial charge in [0.1, 0.15) is 11.9 Å². The van der Waals surface area contributed by atoms with Crippen LogP contribution in [0.15, 0.2) is 30.3 Å². The third kappa shape index (κ3) is 3.72. The molecule has 1 amide bonds. The lowest BCUT2D eigenvalue weighted by Crippen LogP contribution is -2.39. The molecule has 0 unspecified atom stereocenters. The van der Waals surface area contributed by atoms with Gasteiger partial charge in [0.25, 0.3) is 0 Å². The summed E-state index contributed by atoms with van der Waals surface area (Å²) in [4.78, 5) is 25.2. The van der Waals surface area contributed by atoms with Gasteiger partial charge in [-0.2, -0.15) is 0 Å². The molecule has 3 heterocycles. The molecule has 0 bridgehead atoms. The van der Waals surface area contributed by atoms with E-state index in [-0.39, 0.29) is 24.1 Å². The molecular formula is C20H23FN4O2. The molecule has 1 aromatic carbocycles. The highest BCUT2D eigenvalue weighted by Gasteiger charge is 2.48. The molecule has 142 valence electrons. The fourth-order valence-electron chi connectivity index (χ4n) is 3.88. The fourth-order valence-corrected chi connectivity index (χ4v) is 3.88. The maximum absolute atomic E-state index is 13.0. The number of hydrogen-bond donors (Lipinski definition) is 0. The summed E-state index contributed by atoms with van der Waals surface area (Å²) in [6.45, 7) is 5.83. The minimum absolute atomic E-state index is 0.0233. The van der Waals surface area contributed by atoms with Crippen LogP contribution in [0.25, 0.3) is 0 Å². The average Bonchev–Trinajstić information content (AvgIpc) is 3.14. The number of ether oxygens (including phenoxy) is 1. The van der Waals surface area contributed by atoms with Crippen molar-refractivity contribution in [1.29, 1.82) is 0 Å². The maximum atomic E-state index is 13.0. The summed E-state index contributed by atoms with van der Waals surface area (Å²) in [5, 5.41) is 0. The smallest absolute Gasteiger partial charge is 0.410 e. The number of carbonyl (C=O) groups excluding carboxylic acids is 1. The molecule has 2 saturated heterocycles. The Hall–Kier alpha value is -2.70. The van der Waals surface area contributed by atoms with Crippen LogP contribution in [-0.4, -0.2) is 52.7 Å². The van der Waals surface area contributed by atoms with E-state index < -0.39 is 0 Å². The van der Waals surface area contributed by atoms with Crippen molar-refractivity contribution in [3.05, 3.63) is 53.1 Å². The molecular weight excluding hydrogens is 347 g/mol. The second-order valence-electron chi connectivity index (χ2n) is 7.27. The zero-order chi connectivity index (χ0) is 19.0. The van der Waals surface area contributed by atoms with Gasteiger partial charge in [0, 0.05) is 24.5 Å². The first-order chi connectivity index (χ1) is 13.0. The minimum Gasteiger partial charge on any atom is -0.442 e. The van der Waals surface area contributed by atoms with E-state index in [1.807, 2.05) is 24.8 Å². The van der Waals surface area contributed by atoms with Gasteiger partial charge in [0.2, 0.25) is 5.95 Å². The highest BCUT2D eigenvalue weighted by atomic mass is 19.1. The number of nitrogens with zero attached hydrogens (tertiary/aromatic N) is 4. The van der Waals surface area contributed by atoms with Gasteiger partial charge >= 0.3 is 6.09 Å². The molecule has 2 atom stereocenters. The Kier molecular flexibility index (Phi) is 4.68. The Labute approximate surface area is 158 Å². The van der Waals surface area contributed by atoms with Crippen molar-refractivity contribution in [2.45, 2.75) is 38.8 Å². The van der Waals surface area contributed by atoms with E-state index >= 15 is 0 Å². The van der Waals surface area contributed by atoms with Crippen molar-refractivity contribution in [1.82, 2.24) is 14.9 Å². The molecule has 6 nitrogen and oxygen atoms in total. The van der Waals surface area contributed by atoms with E-state index in [2.05, 4.69) is 14.9 Å². The van der Waals surface area contributed by atoms with E-state index in [1.165, 1.54) is 12.1 Å². The topological polar surface area (TPSA) is 58.6 Å². The molecule has 0 saturated carbocycles. The number of aromatic nitrogens is 2. The van der Waals surface area contributed by atoms with E-state index in [0.717, 1.165) is 29.8 Å². The SMILES string of the molecule is Cc1cc(C)nc(N2C[C@H]3OC(=O)N(CCCc4ccc(F)cc4)[C@H]3C2)n1. The first-order valence-electron chi connectivity index (χ1n) is 9.28. The molecule has 2 aliphatic rings. The van der Waals surface area contributed by atoms with Gasteiger partial charge < -0.3 is 9.64 Å². The van der Waals surface area contributed by atoms with Crippen LogP contribution in [0, 0.1) is 19.7 Å². The number of carbonyl (C=O) groups is 1. The van der Waals surface area contributed by atoms with Crippen molar-refractivity contribution in [3.63, 3.8) is 0 Å². The molecule has 2 aromatic rings. The molecule has 27 heavy (non-hydrogen) atoms. The second-order valence-corrected chi connectivity index (χ2v) is 7.27. The third-order valence-electron chi connectivity index (χ3n) is 5.16. The summed E-state index contributed by atoms with van der Waals surface area (Å²) < 4.78 is 18.6. The lowest BCUT2D eigenvalue weighted by Gasteiger charge is -2.22. The normalized spacial score (nSPS) is 21.5. The molecule has 4 rings (SSSR count). The van der Waals surface area contributed by atoms with Crippen LogP contribution in [0.2, 0.25) is 0 Å². The van der Waals surface area contributed by atoms with Gasteiger partial charge in [-0.05, 0) is 50.5 Å². The predicted octanol–water partition coefficient (Wildman–Crippen LogP) is 2.87. The van der Waals surface area contributed by atoms with Crippen molar-refractivity contribution >= 4 is 12.0 Å². The number of anilines is 1. The van der Waals surface area contributed by atoms with Crippen LogP contribution in [0.5, 0.6) is 0 Å².